The molecule has 1 fully saturated rings. The molecule has 1 N–H and O–H groups in total. The van der Waals surface area contributed by atoms with Crippen molar-refractivity contribution in [1.82, 2.24) is 9.47 Å². The van der Waals surface area contributed by atoms with Crippen LogP contribution in [0, 0.1) is 5.82 Å². The third-order valence-corrected chi connectivity index (χ3v) is 6.69. The van der Waals surface area contributed by atoms with E-state index in [0.29, 0.717) is 12.0 Å². The summed E-state index contributed by atoms with van der Waals surface area (Å²) in [6, 6.07) is 16.3. The zero-order valence-electron chi connectivity index (χ0n) is 18.3. The molecule has 5 nitrogen and oxygen atoms in total. The topological polar surface area (TPSA) is 46.5 Å². The van der Waals surface area contributed by atoms with Gasteiger partial charge in [0.15, 0.2) is 5.78 Å². The van der Waals surface area contributed by atoms with E-state index in [0.717, 1.165) is 56.0 Å². The van der Waals surface area contributed by atoms with Gasteiger partial charge in [-0.15, -0.1) is 0 Å². The third kappa shape index (κ3) is 3.79. The molecule has 1 saturated heterocycles. The Kier molecular flexibility index (Phi) is 5.47. The summed E-state index contributed by atoms with van der Waals surface area (Å²) in [4.78, 5) is 14.9. The van der Waals surface area contributed by atoms with Crippen LogP contribution in [0.2, 0.25) is 0 Å². The molecule has 1 spiro atoms. The number of carbonyl (C=O) groups is 1. The van der Waals surface area contributed by atoms with E-state index in [1.165, 1.54) is 17.8 Å². The number of methoxy groups -OCH3 is 1. The first-order chi connectivity index (χ1) is 15.6. The number of anilines is 1. The lowest BCUT2D eigenvalue weighted by atomic mass is 9.83. The van der Waals surface area contributed by atoms with E-state index < -0.39 is 0 Å². The number of carbonyl (C=O) groups excluding carboxylic acids is 1. The van der Waals surface area contributed by atoms with Crippen molar-refractivity contribution in [2.75, 3.05) is 32.1 Å². The number of halogens is 1. The van der Waals surface area contributed by atoms with Crippen molar-refractivity contribution in [3.63, 3.8) is 0 Å². The standard InChI is InChI=1S/C26H28FN3O2/c1-32-21-11-12-23-22(17-21)28-26(25-6-3-16-30(23)25)13-4-15-29(18-26)14-2-5-24(31)19-7-9-20(27)10-8-19/h3,6-12,16-17,28H,2,4-5,13-15,18H2,1H3. The fourth-order valence-corrected chi connectivity index (χ4v) is 5.14. The van der Waals surface area contributed by atoms with Gasteiger partial charge in [0.25, 0.3) is 0 Å². The van der Waals surface area contributed by atoms with Crippen LogP contribution in [0.3, 0.4) is 0 Å². The van der Waals surface area contributed by atoms with Gasteiger partial charge >= 0.3 is 0 Å². The van der Waals surface area contributed by atoms with Crippen LogP contribution in [0.5, 0.6) is 5.75 Å². The summed E-state index contributed by atoms with van der Waals surface area (Å²) in [5.74, 6) is 0.598. The number of fused-ring (bicyclic) bond motifs is 4. The van der Waals surface area contributed by atoms with Crippen LogP contribution in [0.1, 0.15) is 41.7 Å². The zero-order chi connectivity index (χ0) is 22.1. The average Bonchev–Trinajstić information content (AvgIpc) is 3.31. The molecule has 0 bridgehead atoms. The smallest absolute Gasteiger partial charge is 0.162 e. The number of benzene rings is 2. The third-order valence-electron chi connectivity index (χ3n) is 6.69. The number of hydrogen-bond donors (Lipinski definition) is 1. The van der Waals surface area contributed by atoms with Crippen molar-refractivity contribution < 1.29 is 13.9 Å². The Morgan fingerprint density at radius 1 is 1.19 bits per heavy atom. The summed E-state index contributed by atoms with van der Waals surface area (Å²) < 4.78 is 20.8. The van der Waals surface area contributed by atoms with Crippen molar-refractivity contribution in [2.45, 2.75) is 31.2 Å². The molecule has 3 aromatic rings. The molecule has 3 heterocycles. The van der Waals surface area contributed by atoms with Gasteiger partial charge in [-0.3, -0.25) is 4.79 Å². The van der Waals surface area contributed by atoms with Crippen molar-refractivity contribution in [2.24, 2.45) is 0 Å². The maximum absolute atomic E-state index is 13.1. The first kappa shape index (κ1) is 20.8. The number of aromatic nitrogens is 1. The maximum atomic E-state index is 13.1. The summed E-state index contributed by atoms with van der Waals surface area (Å²) in [5, 5.41) is 3.84. The average molecular weight is 434 g/mol. The van der Waals surface area contributed by atoms with Gasteiger partial charge in [-0.25, -0.2) is 4.39 Å². The summed E-state index contributed by atoms with van der Waals surface area (Å²) in [6.45, 7) is 2.78. The van der Waals surface area contributed by atoms with E-state index in [9.17, 15) is 9.18 Å². The van der Waals surface area contributed by atoms with Crippen LogP contribution in [-0.2, 0) is 5.54 Å². The first-order valence-corrected chi connectivity index (χ1v) is 11.2. The molecule has 1 aromatic heterocycles. The lowest BCUT2D eigenvalue weighted by Gasteiger charge is -2.47. The van der Waals surface area contributed by atoms with Gasteiger partial charge in [0.05, 0.1) is 24.0 Å². The van der Waals surface area contributed by atoms with Crippen molar-refractivity contribution >= 4 is 11.5 Å². The highest BCUT2D eigenvalue weighted by Crippen LogP contribution is 2.43. The first-order valence-electron chi connectivity index (χ1n) is 11.2. The Morgan fingerprint density at radius 2 is 2.03 bits per heavy atom. The van der Waals surface area contributed by atoms with Gasteiger partial charge in [-0.2, -0.15) is 0 Å². The second kappa shape index (κ2) is 8.43. The number of ether oxygens (including phenoxy) is 1. The van der Waals surface area contributed by atoms with E-state index in [1.54, 1.807) is 19.2 Å². The maximum Gasteiger partial charge on any atom is 0.162 e. The summed E-state index contributed by atoms with van der Waals surface area (Å²) in [5.41, 5.74) is 3.92. The van der Waals surface area contributed by atoms with Crippen LogP contribution in [0.4, 0.5) is 10.1 Å². The minimum Gasteiger partial charge on any atom is -0.497 e. The van der Waals surface area contributed by atoms with Crippen LogP contribution >= 0.6 is 0 Å². The molecular formula is C26H28FN3O2. The molecule has 1 unspecified atom stereocenters. The van der Waals surface area contributed by atoms with Gasteiger partial charge in [-0.05, 0) is 80.9 Å². The molecule has 0 amide bonds. The molecule has 5 rings (SSSR count). The number of likely N-dealkylation sites (tertiary alicyclic amines) is 1. The summed E-state index contributed by atoms with van der Waals surface area (Å²) in [7, 11) is 1.69. The van der Waals surface area contributed by atoms with E-state index >= 15 is 0 Å². The van der Waals surface area contributed by atoms with E-state index in [1.807, 2.05) is 6.07 Å². The number of nitrogens with zero attached hydrogens (tertiary/aromatic N) is 2. The SMILES string of the molecule is COc1ccc2c(c1)NC1(CCCN(CCCC(=O)c3ccc(F)cc3)C1)c1cccn1-2. The molecule has 6 heteroatoms. The molecular weight excluding hydrogens is 405 g/mol. The van der Waals surface area contributed by atoms with Gasteiger partial charge < -0.3 is 19.5 Å². The molecule has 166 valence electrons. The minimum absolute atomic E-state index is 0.0717. The molecule has 0 radical (unpaired) electrons. The molecule has 0 saturated carbocycles. The van der Waals surface area contributed by atoms with Gasteiger partial charge in [0.1, 0.15) is 11.6 Å². The van der Waals surface area contributed by atoms with Gasteiger partial charge in [0.2, 0.25) is 0 Å². The van der Waals surface area contributed by atoms with Gasteiger partial charge in [-0.1, -0.05) is 0 Å². The number of Topliss-reactive ketones (excluding diaryl/α,β-unsaturated/α-hetero) is 1. The minimum atomic E-state index is -0.316. The molecule has 2 aromatic carbocycles. The predicted octanol–water partition coefficient (Wildman–Crippen LogP) is 5.00. The fraction of sp³-hybridized carbons (Fsp3) is 0.346. The van der Waals surface area contributed by atoms with Gasteiger partial charge in [0, 0.05) is 36.5 Å². The Bertz CT molecular complexity index is 1120. The number of piperidine rings is 1. The summed E-state index contributed by atoms with van der Waals surface area (Å²) in [6.07, 6.45) is 5.53. The van der Waals surface area contributed by atoms with E-state index in [-0.39, 0.29) is 17.1 Å². The second-order valence-corrected chi connectivity index (χ2v) is 8.77. The lowest BCUT2D eigenvalue weighted by Crippen LogP contribution is -2.53. The number of ketones is 1. The highest BCUT2D eigenvalue weighted by Gasteiger charge is 2.42. The summed E-state index contributed by atoms with van der Waals surface area (Å²) >= 11 is 0. The van der Waals surface area contributed by atoms with E-state index in [2.05, 4.69) is 45.2 Å². The van der Waals surface area contributed by atoms with Crippen LogP contribution in [-0.4, -0.2) is 42.0 Å². The van der Waals surface area contributed by atoms with Crippen molar-refractivity contribution in [1.29, 1.82) is 0 Å². The predicted molar refractivity (Wildman–Crippen MR) is 123 cm³/mol. The van der Waals surface area contributed by atoms with E-state index in [4.69, 9.17) is 4.74 Å². The Hall–Kier alpha value is -3.12. The monoisotopic (exact) mass is 433 g/mol. The van der Waals surface area contributed by atoms with Crippen LogP contribution in [0.25, 0.3) is 5.69 Å². The molecule has 0 aliphatic carbocycles. The fourth-order valence-electron chi connectivity index (χ4n) is 5.14. The Labute approximate surface area is 187 Å². The molecule has 2 aliphatic heterocycles. The Balaban J connectivity index is 1.29. The van der Waals surface area contributed by atoms with Crippen molar-refractivity contribution in [3.8, 4) is 11.4 Å². The Morgan fingerprint density at radius 3 is 2.84 bits per heavy atom. The highest BCUT2D eigenvalue weighted by molar-refractivity contribution is 5.95. The number of nitrogens with one attached hydrogen (secondary N) is 1. The highest BCUT2D eigenvalue weighted by atomic mass is 19.1. The molecule has 2 aliphatic rings. The largest absolute Gasteiger partial charge is 0.497 e. The lowest BCUT2D eigenvalue weighted by molar-refractivity contribution is 0.0966. The zero-order valence-corrected chi connectivity index (χ0v) is 18.3. The molecule has 32 heavy (non-hydrogen) atoms. The van der Waals surface area contributed by atoms with Crippen molar-refractivity contribution in [3.05, 3.63) is 77.9 Å². The molecule has 1 atom stereocenters. The normalized spacial score (nSPS) is 19.8. The van der Waals surface area contributed by atoms with Crippen LogP contribution < -0.4 is 10.1 Å². The number of hydrogen-bond acceptors (Lipinski definition) is 4. The van der Waals surface area contributed by atoms with Crippen LogP contribution in [0.15, 0.2) is 60.8 Å². The second-order valence-electron chi connectivity index (χ2n) is 8.77. The quantitative estimate of drug-likeness (QED) is 0.556. The number of rotatable bonds is 6.